The van der Waals surface area contributed by atoms with Crippen LogP contribution in [0.3, 0.4) is 0 Å². The molecule has 2 aromatic carbocycles. The molecule has 0 N–H and O–H groups in total. The minimum Gasteiger partial charge on any atom is -0.438 e. The Morgan fingerprint density at radius 3 is 2.10 bits per heavy atom. The van der Waals surface area contributed by atoms with Crippen LogP contribution in [-0.2, 0) is 12.5 Å². The Kier molecular flexibility index (Phi) is 4.16. The van der Waals surface area contributed by atoms with Crippen LogP contribution in [0.5, 0.6) is 11.6 Å². The van der Waals surface area contributed by atoms with E-state index in [4.69, 9.17) is 4.74 Å². The Labute approximate surface area is 170 Å². The zero-order valence-corrected chi connectivity index (χ0v) is 16.5. The third-order valence-corrected chi connectivity index (χ3v) is 5.62. The number of hydrogen-bond donors (Lipinski definition) is 0. The summed E-state index contributed by atoms with van der Waals surface area (Å²) in [5.74, 6) is 1.24. The van der Waals surface area contributed by atoms with Gasteiger partial charge in [-0.2, -0.15) is 5.10 Å². The second-order valence-electron chi connectivity index (χ2n) is 7.73. The van der Waals surface area contributed by atoms with Crippen LogP contribution in [-0.4, -0.2) is 20.0 Å². The van der Waals surface area contributed by atoms with Gasteiger partial charge in [-0.05, 0) is 49.1 Å². The highest BCUT2D eigenvalue weighted by Crippen LogP contribution is 2.53. The van der Waals surface area contributed by atoms with Crippen molar-refractivity contribution >= 4 is 0 Å². The van der Waals surface area contributed by atoms with E-state index in [0.29, 0.717) is 5.88 Å². The number of benzene rings is 2. The lowest BCUT2D eigenvalue weighted by molar-refractivity contribution is 0.455. The molecular formula is C24H22N4O. The second-order valence-corrected chi connectivity index (χ2v) is 7.73. The average Bonchev–Trinajstić information content (AvgIpc) is 3.44. The van der Waals surface area contributed by atoms with Crippen molar-refractivity contribution in [3.8, 4) is 22.9 Å². The quantitative estimate of drug-likeness (QED) is 0.484. The maximum Gasteiger partial charge on any atom is 0.238 e. The van der Waals surface area contributed by atoms with Crippen molar-refractivity contribution in [3.05, 3.63) is 89.7 Å². The molecule has 0 amide bonds. The molecular weight excluding hydrogens is 360 g/mol. The van der Waals surface area contributed by atoms with Crippen molar-refractivity contribution in [2.24, 2.45) is 7.05 Å². The van der Waals surface area contributed by atoms with E-state index in [1.165, 1.54) is 29.5 Å². The van der Waals surface area contributed by atoms with Gasteiger partial charge in [0, 0.05) is 30.3 Å². The highest BCUT2D eigenvalue weighted by Gasteiger charge is 2.45. The number of aryl methyl sites for hydroxylation is 2. The smallest absolute Gasteiger partial charge is 0.238 e. The van der Waals surface area contributed by atoms with Gasteiger partial charge >= 0.3 is 0 Å². The van der Waals surface area contributed by atoms with Gasteiger partial charge in [0.05, 0.1) is 11.9 Å². The van der Waals surface area contributed by atoms with Crippen molar-refractivity contribution in [1.29, 1.82) is 0 Å². The van der Waals surface area contributed by atoms with E-state index >= 15 is 0 Å². The van der Waals surface area contributed by atoms with Gasteiger partial charge < -0.3 is 4.74 Å². The van der Waals surface area contributed by atoms with Crippen molar-refractivity contribution < 1.29 is 4.74 Å². The van der Waals surface area contributed by atoms with E-state index in [9.17, 15) is 0 Å². The normalized spacial score (nSPS) is 14.6. The fourth-order valence-electron chi connectivity index (χ4n) is 3.79. The molecule has 0 atom stereocenters. The van der Waals surface area contributed by atoms with Gasteiger partial charge in [0.25, 0.3) is 0 Å². The van der Waals surface area contributed by atoms with E-state index in [0.717, 1.165) is 17.0 Å². The monoisotopic (exact) mass is 382 g/mol. The van der Waals surface area contributed by atoms with Crippen molar-refractivity contribution in [3.63, 3.8) is 0 Å². The molecule has 0 unspecified atom stereocenters. The van der Waals surface area contributed by atoms with E-state index in [1.54, 1.807) is 10.9 Å². The van der Waals surface area contributed by atoms with Crippen molar-refractivity contribution in [1.82, 2.24) is 20.0 Å². The molecule has 0 radical (unpaired) electrons. The van der Waals surface area contributed by atoms with E-state index in [-0.39, 0.29) is 5.41 Å². The highest BCUT2D eigenvalue weighted by atomic mass is 16.5. The summed E-state index contributed by atoms with van der Waals surface area (Å²) in [6.45, 7) is 2.13. The lowest BCUT2D eigenvalue weighted by Crippen LogP contribution is -2.08. The number of hydrogen-bond acceptors (Lipinski definition) is 4. The predicted octanol–water partition coefficient (Wildman–Crippen LogP) is 5.06. The van der Waals surface area contributed by atoms with Crippen LogP contribution in [0.1, 0.15) is 29.5 Å². The topological polar surface area (TPSA) is 52.8 Å². The molecule has 2 aromatic heterocycles. The average molecular weight is 382 g/mol. The van der Waals surface area contributed by atoms with Crippen LogP contribution < -0.4 is 4.74 Å². The molecule has 1 fully saturated rings. The highest BCUT2D eigenvalue weighted by molar-refractivity contribution is 5.56. The minimum atomic E-state index is 0.164. The van der Waals surface area contributed by atoms with Gasteiger partial charge in [-0.3, -0.25) is 4.68 Å². The first kappa shape index (κ1) is 17.6. The molecule has 1 saturated carbocycles. The Hall–Kier alpha value is -3.47. The van der Waals surface area contributed by atoms with Gasteiger partial charge in [0.15, 0.2) is 0 Å². The van der Waals surface area contributed by atoms with Crippen LogP contribution in [0, 0.1) is 6.92 Å². The molecule has 1 aliphatic carbocycles. The molecule has 2 heterocycles. The van der Waals surface area contributed by atoms with E-state index in [2.05, 4.69) is 58.6 Å². The number of ether oxygens (including phenoxy) is 1. The fourth-order valence-corrected chi connectivity index (χ4v) is 3.79. The SMILES string of the molecule is Cc1ccc(C2(c3ccc(Oc4ccc(-c5cnn(C)c5)nn4)cc3)CC2)cc1. The Bertz CT molecular complexity index is 1120. The lowest BCUT2D eigenvalue weighted by Gasteiger charge is -2.17. The predicted molar refractivity (Wildman–Crippen MR) is 112 cm³/mol. The van der Waals surface area contributed by atoms with Crippen molar-refractivity contribution in [2.75, 3.05) is 0 Å². The van der Waals surface area contributed by atoms with Crippen LogP contribution in [0.25, 0.3) is 11.3 Å². The summed E-state index contributed by atoms with van der Waals surface area (Å²) in [7, 11) is 1.88. The molecule has 0 saturated heterocycles. The summed E-state index contributed by atoms with van der Waals surface area (Å²) in [5.41, 5.74) is 5.90. The van der Waals surface area contributed by atoms with Crippen LogP contribution in [0.4, 0.5) is 0 Å². The second kappa shape index (κ2) is 6.85. The van der Waals surface area contributed by atoms with Crippen LogP contribution in [0.15, 0.2) is 73.1 Å². The number of rotatable bonds is 5. The summed E-state index contributed by atoms with van der Waals surface area (Å²) in [4.78, 5) is 0. The standard InChI is InChI=1S/C24H22N4O/c1-17-3-5-19(6-4-17)24(13-14-24)20-7-9-21(10-8-20)29-23-12-11-22(26-27-23)18-15-25-28(2)16-18/h3-12,15-16H,13-14H2,1-2H3. The molecule has 0 aliphatic heterocycles. The summed E-state index contributed by atoms with van der Waals surface area (Å²) in [6, 6.07) is 21.0. The molecule has 5 heteroatoms. The number of nitrogens with zero attached hydrogens (tertiary/aromatic N) is 4. The van der Waals surface area contributed by atoms with Crippen LogP contribution >= 0.6 is 0 Å². The Morgan fingerprint density at radius 2 is 1.55 bits per heavy atom. The largest absolute Gasteiger partial charge is 0.438 e. The molecule has 29 heavy (non-hydrogen) atoms. The third-order valence-electron chi connectivity index (χ3n) is 5.62. The Balaban J connectivity index is 1.31. The van der Waals surface area contributed by atoms with Gasteiger partial charge in [0.1, 0.15) is 5.75 Å². The molecule has 5 nitrogen and oxygen atoms in total. The first-order chi connectivity index (χ1) is 14.1. The molecule has 5 rings (SSSR count). The summed E-state index contributed by atoms with van der Waals surface area (Å²) < 4.78 is 7.63. The van der Waals surface area contributed by atoms with Gasteiger partial charge in [-0.1, -0.05) is 42.0 Å². The minimum absolute atomic E-state index is 0.164. The maximum atomic E-state index is 5.89. The summed E-state index contributed by atoms with van der Waals surface area (Å²) >= 11 is 0. The van der Waals surface area contributed by atoms with Gasteiger partial charge in [-0.25, -0.2) is 0 Å². The maximum absolute atomic E-state index is 5.89. The lowest BCUT2D eigenvalue weighted by atomic mass is 9.88. The molecule has 0 bridgehead atoms. The summed E-state index contributed by atoms with van der Waals surface area (Å²) in [5, 5.41) is 12.6. The Morgan fingerprint density at radius 1 is 0.862 bits per heavy atom. The zero-order chi connectivity index (χ0) is 19.8. The van der Waals surface area contributed by atoms with Crippen molar-refractivity contribution in [2.45, 2.75) is 25.2 Å². The zero-order valence-electron chi connectivity index (χ0n) is 16.5. The van der Waals surface area contributed by atoms with Crippen LogP contribution in [0.2, 0.25) is 0 Å². The summed E-state index contributed by atoms with van der Waals surface area (Å²) in [6.07, 6.45) is 6.06. The van der Waals surface area contributed by atoms with Gasteiger partial charge in [0.2, 0.25) is 5.88 Å². The molecule has 4 aromatic rings. The van der Waals surface area contributed by atoms with E-state index in [1.807, 2.05) is 37.5 Å². The fraction of sp³-hybridized carbons (Fsp3) is 0.208. The van der Waals surface area contributed by atoms with Gasteiger partial charge in [-0.15, -0.1) is 10.2 Å². The molecule has 1 aliphatic rings. The van der Waals surface area contributed by atoms with E-state index < -0.39 is 0 Å². The molecule has 0 spiro atoms. The first-order valence-corrected chi connectivity index (χ1v) is 9.81. The number of aromatic nitrogens is 4. The molecule has 144 valence electrons. The first-order valence-electron chi connectivity index (χ1n) is 9.81. The third kappa shape index (κ3) is 3.40.